The van der Waals surface area contributed by atoms with Crippen LogP contribution in [-0.4, -0.2) is 35.4 Å². The Morgan fingerprint density at radius 2 is 1.80 bits per heavy atom. The summed E-state index contributed by atoms with van der Waals surface area (Å²) in [5, 5.41) is 11.1. The van der Waals surface area contributed by atoms with E-state index in [9.17, 15) is 14.7 Å². The average Bonchev–Trinajstić information content (AvgIpc) is 2.98. The van der Waals surface area contributed by atoms with Crippen LogP contribution in [0.3, 0.4) is 0 Å². The third-order valence-corrected chi connectivity index (χ3v) is 5.59. The highest BCUT2D eigenvalue weighted by Crippen LogP contribution is 2.40. The molecule has 2 aromatic carbocycles. The molecule has 5 nitrogen and oxygen atoms in total. The first kappa shape index (κ1) is 21.6. The SMILES string of the molecule is CCCN1C(=O)C(=O)/C(=C(\O)c2ccc(OC)c(C)c2)C1c1ccc(C(C)C)cc1. The van der Waals surface area contributed by atoms with Gasteiger partial charge in [0.25, 0.3) is 11.7 Å². The first-order valence-corrected chi connectivity index (χ1v) is 10.3. The number of Topliss-reactive ketones (excluding diaryl/α,β-unsaturated/α-hetero) is 1. The van der Waals surface area contributed by atoms with Crippen LogP contribution in [0.4, 0.5) is 0 Å². The molecule has 0 spiro atoms. The molecule has 158 valence electrons. The molecule has 1 N–H and O–H groups in total. The number of hydrogen-bond acceptors (Lipinski definition) is 4. The number of rotatable bonds is 6. The molecule has 1 aliphatic rings. The fourth-order valence-electron chi connectivity index (χ4n) is 3.94. The van der Waals surface area contributed by atoms with Crippen LogP contribution < -0.4 is 4.74 Å². The lowest BCUT2D eigenvalue weighted by Gasteiger charge is -2.25. The van der Waals surface area contributed by atoms with Crippen LogP contribution in [0, 0.1) is 6.92 Å². The van der Waals surface area contributed by atoms with E-state index in [1.807, 2.05) is 38.1 Å². The second kappa shape index (κ2) is 8.74. The largest absolute Gasteiger partial charge is 0.507 e. The Morgan fingerprint density at radius 3 is 2.33 bits per heavy atom. The topological polar surface area (TPSA) is 66.8 Å². The van der Waals surface area contributed by atoms with Crippen molar-refractivity contribution in [3.05, 3.63) is 70.3 Å². The summed E-state index contributed by atoms with van der Waals surface area (Å²) in [6.45, 7) is 8.51. The molecule has 3 rings (SSSR count). The Kier molecular flexibility index (Phi) is 6.30. The third-order valence-electron chi connectivity index (χ3n) is 5.59. The van der Waals surface area contributed by atoms with E-state index in [0.29, 0.717) is 23.8 Å². The fourth-order valence-corrected chi connectivity index (χ4v) is 3.94. The second-order valence-corrected chi connectivity index (χ2v) is 8.00. The maximum atomic E-state index is 12.9. The zero-order chi connectivity index (χ0) is 22.0. The van der Waals surface area contributed by atoms with E-state index in [1.54, 1.807) is 30.2 Å². The van der Waals surface area contributed by atoms with Gasteiger partial charge in [-0.3, -0.25) is 9.59 Å². The van der Waals surface area contributed by atoms with Gasteiger partial charge in [-0.25, -0.2) is 0 Å². The highest BCUT2D eigenvalue weighted by atomic mass is 16.5. The van der Waals surface area contributed by atoms with Gasteiger partial charge in [-0.2, -0.15) is 0 Å². The van der Waals surface area contributed by atoms with E-state index in [-0.39, 0.29) is 11.3 Å². The van der Waals surface area contributed by atoms with Crippen LogP contribution in [0.15, 0.2) is 48.0 Å². The Hall–Kier alpha value is -3.08. The van der Waals surface area contributed by atoms with E-state index >= 15 is 0 Å². The number of likely N-dealkylation sites (tertiary alicyclic amines) is 1. The second-order valence-electron chi connectivity index (χ2n) is 8.00. The lowest BCUT2D eigenvalue weighted by Crippen LogP contribution is -2.30. The summed E-state index contributed by atoms with van der Waals surface area (Å²) < 4.78 is 5.29. The van der Waals surface area contributed by atoms with Crippen molar-refractivity contribution in [1.29, 1.82) is 0 Å². The number of ether oxygens (including phenoxy) is 1. The van der Waals surface area contributed by atoms with Gasteiger partial charge in [0.15, 0.2) is 0 Å². The summed E-state index contributed by atoms with van der Waals surface area (Å²) in [5.74, 6) is -0.299. The number of hydrogen-bond donors (Lipinski definition) is 1. The third kappa shape index (κ3) is 3.84. The van der Waals surface area contributed by atoms with Gasteiger partial charge >= 0.3 is 0 Å². The number of aliphatic hydroxyl groups excluding tert-OH is 1. The fraction of sp³-hybridized carbons (Fsp3) is 0.360. The molecular weight excluding hydrogens is 378 g/mol. The van der Waals surface area contributed by atoms with Crippen LogP contribution in [0.1, 0.15) is 61.4 Å². The van der Waals surface area contributed by atoms with Crippen molar-refractivity contribution in [3.8, 4) is 5.75 Å². The van der Waals surface area contributed by atoms with Crippen molar-refractivity contribution in [2.75, 3.05) is 13.7 Å². The van der Waals surface area contributed by atoms with Gasteiger partial charge in [0.1, 0.15) is 11.5 Å². The first-order chi connectivity index (χ1) is 14.3. The molecule has 30 heavy (non-hydrogen) atoms. The van der Waals surface area contributed by atoms with Gasteiger partial charge in [-0.1, -0.05) is 45.0 Å². The van der Waals surface area contributed by atoms with Crippen LogP contribution in [0.5, 0.6) is 5.75 Å². The molecule has 0 radical (unpaired) electrons. The standard InChI is InChI=1S/C25H29NO4/c1-6-13-26-22(18-9-7-17(8-10-18)15(2)3)21(24(28)25(26)29)23(27)19-11-12-20(30-5)16(4)14-19/h7-12,14-15,22,27H,6,13H2,1-5H3/b23-21-. The van der Waals surface area contributed by atoms with Gasteiger partial charge < -0.3 is 14.7 Å². The number of methoxy groups -OCH3 is 1. The minimum Gasteiger partial charge on any atom is -0.507 e. The number of aliphatic hydroxyl groups is 1. The number of carbonyl (C=O) groups is 2. The number of benzene rings is 2. The summed E-state index contributed by atoms with van der Waals surface area (Å²) in [4.78, 5) is 27.3. The number of carbonyl (C=O) groups excluding carboxylic acids is 2. The molecule has 1 saturated heterocycles. The van der Waals surface area contributed by atoms with Gasteiger partial charge in [0.05, 0.1) is 18.7 Å². The molecule has 5 heteroatoms. The minimum atomic E-state index is -0.646. The highest BCUT2D eigenvalue weighted by Gasteiger charge is 2.45. The Morgan fingerprint density at radius 1 is 1.13 bits per heavy atom. The molecule has 0 bridgehead atoms. The van der Waals surface area contributed by atoms with Gasteiger partial charge in [0, 0.05) is 12.1 Å². The molecule has 1 heterocycles. The van der Waals surface area contributed by atoms with E-state index in [2.05, 4.69) is 13.8 Å². The molecular formula is C25H29NO4. The van der Waals surface area contributed by atoms with Crippen molar-refractivity contribution >= 4 is 17.4 Å². The molecule has 0 aliphatic carbocycles. The van der Waals surface area contributed by atoms with E-state index in [0.717, 1.165) is 17.5 Å². The monoisotopic (exact) mass is 407 g/mol. The number of ketones is 1. The van der Waals surface area contributed by atoms with Crippen LogP contribution in [0.2, 0.25) is 0 Å². The lowest BCUT2D eigenvalue weighted by molar-refractivity contribution is -0.139. The average molecular weight is 408 g/mol. The van der Waals surface area contributed by atoms with Crippen molar-refractivity contribution in [2.45, 2.75) is 46.1 Å². The smallest absolute Gasteiger partial charge is 0.295 e. The summed E-state index contributed by atoms with van der Waals surface area (Å²) >= 11 is 0. The molecule has 1 fully saturated rings. The van der Waals surface area contributed by atoms with E-state index in [1.165, 1.54) is 5.56 Å². The van der Waals surface area contributed by atoms with Gasteiger partial charge in [0.2, 0.25) is 0 Å². The lowest BCUT2D eigenvalue weighted by atomic mass is 9.93. The molecule has 2 aromatic rings. The van der Waals surface area contributed by atoms with Crippen LogP contribution in [-0.2, 0) is 9.59 Å². The van der Waals surface area contributed by atoms with Gasteiger partial charge in [-0.05, 0) is 54.2 Å². The zero-order valence-electron chi connectivity index (χ0n) is 18.2. The molecule has 1 amide bonds. The van der Waals surface area contributed by atoms with Crippen molar-refractivity contribution in [2.24, 2.45) is 0 Å². The molecule has 1 unspecified atom stereocenters. The number of amides is 1. The quantitative estimate of drug-likeness (QED) is 0.418. The highest BCUT2D eigenvalue weighted by molar-refractivity contribution is 6.46. The van der Waals surface area contributed by atoms with Crippen molar-refractivity contribution < 1.29 is 19.4 Å². The predicted molar refractivity (Wildman–Crippen MR) is 118 cm³/mol. The minimum absolute atomic E-state index is 0.135. The maximum Gasteiger partial charge on any atom is 0.295 e. The number of aryl methyl sites for hydroxylation is 1. The number of nitrogens with zero attached hydrogens (tertiary/aromatic N) is 1. The van der Waals surface area contributed by atoms with E-state index in [4.69, 9.17) is 4.74 Å². The molecule has 1 aliphatic heterocycles. The maximum absolute atomic E-state index is 12.9. The Bertz CT molecular complexity index is 989. The molecule has 1 atom stereocenters. The van der Waals surface area contributed by atoms with Gasteiger partial charge in [-0.15, -0.1) is 0 Å². The first-order valence-electron chi connectivity index (χ1n) is 10.3. The molecule has 0 saturated carbocycles. The predicted octanol–water partition coefficient (Wildman–Crippen LogP) is 4.96. The Balaban J connectivity index is 2.15. The summed E-state index contributed by atoms with van der Waals surface area (Å²) in [5.41, 5.74) is 3.46. The normalized spacial score (nSPS) is 18.3. The Labute approximate surface area is 178 Å². The van der Waals surface area contributed by atoms with Crippen LogP contribution in [0.25, 0.3) is 5.76 Å². The summed E-state index contributed by atoms with van der Waals surface area (Å²) in [6.07, 6.45) is 0.718. The summed E-state index contributed by atoms with van der Waals surface area (Å²) in [7, 11) is 1.58. The molecule has 0 aromatic heterocycles. The van der Waals surface area contributed by atoms with E-state index < -0.39 is 17.7 Å². The van der Waals surface area contributed by atoms with Crippen molar-refractivity contribution in [3.63, 3.8) is 0 Å². The van der Waals surface area contributed by atoms with Crippen molar-refractivity contribution in [1.82, 2.24) is 4.90 Å². The zero-order valence-corrected chi connectivity index (χ0v) is 18.2. The summed E-state index contributed by atoms with van der Waals surface area (Å²) in [6, 6.07) is 12.5. The van der Waals surface area contributed by atoms with Crippen LogP contribution >= 0.6 is 0 Å².